The minimum absolute atomic E-state index is 0.0786. The number of benzene rings is 1. The first-order valence-electron chi connectivity index (χ1n) is 10.4. The number of carbonyl (C=O) groups is 1. The summed E-state index contributed by atoms with van der Waals surface area (Å²) in [4.78, 5) is 25.9. The number of halogens is 2. The second-order valence-corrected chi connectivity index (χ2v) is 10.1. The third kappa shape index (κ3) is 5.40. The predicted octanol–water partition coefficient (Wildman–Crippen LogP) is 5.10. The number of anilines is 2. The summed E-state index contributed by atoms with van der Waals surface area (Å²) in [6.45, 7) is 6.18. The van der Waals surface area contributed by atoms with E-state index >= 15 is 0 Å². The molecular weight excluding hydrogens is 477 g/mol. The number of carbonyl (C=O) groups excluding carboxylic acids is 1. The standard InChI is InChI=1S/C23H23ClFN7OS/c1-23(2,3)21-28-11-19(34-21)20(33)27-9-13-7-17(25)15(8-16(13)24)18-5-6-26-22(31-18)30-14-10-29-32(4)12-14/h5-8,10-12H,9H2,1-4H3,(H,27,33)(H,26,30,31). The van der Waals surface area contributed by atoms with E-state index in [1.54, 1.807) is 36.4 Å². The SMILES string of the molecule is Cn1cc(Nc2nccc(-c3cc(Cl)c(CNC(=O)c4cnc(C(C)(C)C)s4)cc3F)n2)cn1. The maximum absolute atomic E-state index is 15.0. The number of aryl methyl sites for hydroxylation is 1. The zero-order chi connectivity index (χ0) is 24.5. The van der Waals surface area contributed by atoms with E-state index in [0.29, 0.717) is 32.8 Å². The first kappa shape index (κ1) is 23.8. The highest BCUT2D eigenvalue weighted by Crippen LogP contribution is 2.29. The van der Waals surface area contributed by atoms with Crippen LogP contribution in [0.15, 0.2) is 43.0 Å². The summed E-state index contributed by atoms with van der Waals surface area (Å²) in [5, 5.41) is 11.1. The number of amides is 1. The van der Waals surface area contributed by atoms with Gasteiger partial charge >= 0.3 is 0 Å². The molecule has 11 heteroatoms. The molecule has 1 aromatic carbocycles. The lowest BCUT2D eigenvalue weighted by Crippen LogP contribution is -2.22. The number of rotatable bonds is 6. The van der Waals surface area contributed by atoms with Crippen molar-refractivity contribution in [3.63, 3.8) is 0 Å². The molecule has 0 bridgehead atoms. The monoisotopic (exact) mass is 499 g/mol. The molecule has 0 radical (unpaired) electrons. The van der Waals surface area contributed by atoms with E-state index in [0.717, 1.165) is 5.01 Å². The van der Waals surface area contributed by atoms with E-state index in [2.05, 4.69) is 30.7 Å². The second kappa shape index (κ2) is 9.47. The molecule has 1 amide bonds. The van der Waals surface area contributed by atoms with Gasteiger partial charge in [-0.15, -0.1) is 11.3 Å². The fourth-order valence-corrected chi connectivity index (χ4v) is 4.21. The summed E-state index contributed by atoms with van der Waals surface area (Å²) in [5.74, 6) is -0.487. The lowest BCUT2D eigenvalue weighted by Gasteiger charge is -2.13. The molecule has 0 unspecified atom stereocenters. The fourth-order valence-electron chi connectivity index (χ4n) is 3.09. The van der Waals surface area contributed by atoms with Crippen LogP contribution in [0.2, 0.25) is 5.02 Å². The van der Waals surface area contributed by atoms with Gasteiger partial charge in [0.05, 0.1) is 28.8 Å². The molecule has 8 nitrogen and oxygen atoms in total. The van der Waals surface area contributed by atoms with Crippen molar-refractivity contribution in [2.75, 3.05) is 5.32 Å². The third-order valence-corrected chi connectivity index (χ3v) is 6.61. The van der Waals surface area contributed by atoms with Gasteiger partial charge in [-0.1, -0.05) is 32.4 Å². The second-order valence-electron chi connectivity index (χ2n) is 8.68. The van der Waals surface area contributed by atoms with Gasteiger partial charge in [0.2, 0.25) is 5.95 Å². The third-order valence-electron chi connectivity index (χ3n) is 4.84. The molecule has 0 saturated carbocycles. The molecule has 3 aromatic heterocycles. The summed E-state index contributed by atoms with van der Waals surface area (Å²) < 4.78 is 16.6. The van der Waals surface area contributed by atoms with Crippen molar-refractivity contribution in [1.29, 1.82) is 0 Å². The van der Waals surface area contributed by atoms with Crippen LogP contribution >= 0.6 is 22.9 Å². The summed E-state index contributed by atoms with van der Waals surface area (Å²) >= 11 is 7.76. The zero-order valence-corrected chi connectivity index (χ0v) is 20.6. The minimum Gasteiger partial charge on any atom is -0.347 e. The van der Waals surface area contributed by atoms with Gasteiger partial charge in [0.15, 0.2) is 0 Å². The molecule has 0 aliphatic carbocycles. The molecule has 0 aliphatic rings. The maximum atomic E-state index is 15.0. The normalized spacial score (nSPS) is 11.5. The van der Waals surface area contributed by atoms with Gasteiger partial charge in [0, 0.05) is 42.0 Å². The predicted molar refractivity (Wildman–Crippen MR) is 131 cm³/mol. The van der Waals surface area contributed by atoms with E-state index < -0.39 is 5.82 Å². The van der Waals surface area contributed by atoms with Crippen LogP contribution in [0.25, 0.3) is 11.3 Å². The van der Waals surface area contributed by atoms with Gasteiger partial charge in [0.1, 0.15) is 10.7 Å². The number of thiazole rings is 1. The van der Waals surface area contributed by atoms with Crippen molar-refractivity contribution in [3.8, 4) is 11.3 Å². The van der Waals surface area contributed by atoms with Crippen LogP contribution < -0.4 is 10.6 Å². The molecule has 3 heterocycles. The van der Waals surface area contributed by atoms with Crippen LogP contribution in [-0.2, 0) is 19.0 Å². The van der Waals surface area contributed by atoms with Crippen molar-refractivity contribution >= 4 is 40.5 Å². The topological polar surface area (TPSA) is 97.6 Å². The number of aromatic nitrogens is 5. The Balaban J connectivity index is 1.48. The van der Waals surface area contributed by atoms with Crippen LogP contribution in [0.3, 0.4) is 0 Å². The quantitative estimate of drug-likeness (QED) is 0.383. The van der Waals surface area contributed by atoms with Gasteiger partial charge in [-0.25, -0.2) is 19.3 Å². The Hall–Kier alpha value is -3.37. The van der Waals surface area contributed by atoms with E-state index in [9.17, 15) is 9.18 Å². The van der Waals surface area contributed by atoms with Crippen molar-refractivity contribution in [1.82, 2.24) is 30.0 Å². The van der Waals surface area contributed by atoms with Crippen molar-refractivity contribution in [3.05, 3.63) is 69.3 Å². The minimum atomic E-state index is -0.507. The summed E-state index contributed by atoms with van der Waals surface area (Å²) in [5.41, 5.74) is 1.63. The molecule has 0 atom stereocenters. The molecule has 2 N–H and O–H groups in total. The zero-order valence-electron chi connectivity index (χ0n) is 19.1. The largest absolute Gasteiger partial charge is 0.347 e. The van der Waals surface area contributed by atoms with Crippen LogP contribution in [0.5, 0.6) is 0 Å². The Labute approximate surface area is 205 Å². The average molecular weight is 500 g/mol. The van der Waals surface area contributed by atoms with Crippen molar-refractivity contribution in [2.45, 2.75) is 32.7 Å². The highest BCUT2D eigenvalue weighted by molar-refractivity contribution is 7.13. The first-order valence-corrected chi connectivity index (χ1v) is 11.6. The van der Waals surface area contributed by atoms with Crippen LogP contribution in [-0.4, -0.2) is 30.6 Å². The van der Waals surface area contributed by atoms with E-state index in [1.165, 1.54) is 29.7 Å². The number of nitrogens with zero attached hydrogens (tertiary/aromatic N) is 5. The van der Waals surface area contributed by atoms with Gasteiger partial charge in [-0.05, 0) is 23.8 Å². The van der Waals surface area contributed by atoms with Crippen LogP contribution in [0.1, 0.15) is 41.0 Å². The van der Waals surface area contributed by atoms with Crippen molar-refractivity contribution < 1.29 is 9.18 Å². The Morgan fingerprint density at radius 3 is 2.71 bits per heavy atom. The molecule has 176 valence electrons. The number of nitrogens with one attached hydrogen (secondary N) is 2. The van der Waals surface area contributed by atoms with E-state index in [4.69, 9.17) is 11.6 Å². The van der Waals surface area contributed by atoms with Crippen LogP contribution in [0, 0.1) is 5.82 Å². The summed E-state index contributed by atoms with van der Waals surface area (Å²) in [6, 6.07) is 4.40. The lowest BCUT2D eigenvalue weighted by molar-refractivity contribution is 0.0954. The molecule has 4 rings (SSSR count). The first-order chi connectivity index (χ1) is 16.1. The Bertz CT molecular complexity index is 1350. The van der Waals surface area contributed by atoms with Crippen molar-refractivity contribution in [2.24, 2.45) is 7.05 Å². The molecular formula is C23H23ClFN7OS. The molecule has 0 saturated heterocycles. The lowest BCUT2D eigenvalue weighted by atomic mass is 9.98. The molecule has 0 aliphatic heterocycles. The average Bonchev–Trinajstić information content (AvgIpc) is 3.43. The Morgan fingerprint density at radius 1 is 1.24 bits per heavy atom. The van der Waals surface area contributed by atoms with Gasteiger partial charge in [-0.2, -0.15) is 5.10 Å². The molecule has 4 aromatic rings. The number of hydrogen-bond donors (Lipinski definition) is 2. The van der Waals surface area contributed by atoms with Crippen LogP contribution in [0.4, 0.5) is 16.0 Å². The van der Waals surface area contributed by atoms with E-state index in [1.807, 2.05) is 20.8 Å². The fraction of sp³-hybridized carbons (Fsp3) is 0.261. The van der Waals surface area contributed by atoms with E-state index in [-0.39, 0.29) is 23.4 Å². The number of hydrogen-bond acceptors (Lipinski definition) is 7. The van der Waals surface area contributed by atoms with Gasteiger partial charge in [-0.3, -0.25) is 9.48 Å². The van der Waals surface area contributed by atoms with Gasteiger partial charge in [0.25, 0.3) is 5.91 Å². The molecule has 0 fully saturated rings. The summed E-state index contributed by atoms with van der Waals surface area (Å²) in [7, 11) is 1.80. The maximum Gasteiger partial charge on any atom is 0.263 e. The Kier molecular flexibility index (Phi) is 6.63. The highest BCUT2D eigenvalue weighted by Gasteiger charge is 2.20. The smallest absolute Gasteiger partial charge is 0.263 e. The van der Waals surface area contributed by atoms with Gasteiger partial charge < -0.3 is 10.6 Å². The summed E-state index contributed by atoms with van der Waals surface area (Å²) in [6.07, 6.45) is 6.49. The highest BCUT2D eigenvalue weighted by atomic mass is 35.5. The Morgan fingerprint density at radius 2 is 2.03 bits per heavy atom. The molecule has 34 heavy (non-hydrogen) atoms. The molecule has 0 spiro atoms.